The summed E-state index contributed by atoms with van der Waals surface area (Å²) in [7, 11) is 0. The zero-order valence-electron chi connectivity index (χ0n) is 10.8. The van der Waals surface area contributed by atoms with Crippen molar-refractivity contribution in [2.45, 2.75) is 13.3 Å². The van der Waals surface area contributed by atoms with Gasteiger partial charge in [-0.3, -0.25) is 4.79 Å². The molecule has 0 unspecified atom stereocenters. The highest BCUT2D eigenvalue weighted by atomic mass is 32.1. The third-order valence-electron chi connectivity index (χ3n) is 2.76. The van der Waals surface area contributed by atoms with E-state index in [9.17, 15) is 9.59 Å². The van der Waals surface area contributed by atoms with Gasteiger partial charge in [-0.25, -0.2) is 4.79 Å². The number of carbonyl (C=O) groups is 2. The van der Waals surface area contributed by atoms with Crippen LogP contribution in [0.15, 0.2) is 24.3 Å². The molecule has 0 bridgehead atoms. The fourth-order valence-electron chi connectivity index (χ4n) is 1.65. The van der Waals surface area contributed by atoms with Crippen molar-refractivity contribution in [3.63, 3.8) is 0 Å². The van der Waals surface area contributed by atoms with Crippen LogP contribution in [0.5, 0.6) is 0 Å². The summed E-state index contributed by atoms with van der Waals surface area (Å²) in [4.78, 5) is 23.0. The van der Waals surface area contributed by atoms with Crippen LogP contribution in [0.3, 0.4) is 0 Å². The van der Waals surface area contributed by atoms with Gasteiger partial charge in [-0.05, 0) is 42.6 Å². The van der Waals surface area contributed by atoms with Crippen molar-refractivity contribution >= 4 is 23.4 Å². The number of benzene rings is 1. The number of nitrogens with zero attached hydrogens (tertiary/aromatic N) is 2. The lowest BCUT2D eigenvalue weighted by atomic mass is 10.1. The Bertz CT molecular complexity index is 622. The Morgan fingerprint density at radius 1 is 1.30 bits per heavy atom. The van der Waals surface area contributed by atoms with E-state index in [2.05, 4.69) is 14.9 Å². The number of nitrogens with one attached hydrogen (secondary N) is 1. The largest absolute Gasteiger partial charge is 0.478 e. The van der Waals surface area contributed by atoms with E-state index in [1.165, 1.54) is 0 Å². The number of hydrogen-bond donors (Lipinski definition) is 2. The maximum absolute atomic E-state index is 11.8. The second-order valence-corrected chi connectivity index (χ2v) is 4.95. The Morgan fingerprint density at radius 2 is 2.00 bits per heavy atom. The molecule has 1 aromatic carbocycles. The normalized spacial score (nSPS) is 10.2. The molecule has 1 aromatic heterocycles. The summed E-state index contributed by atoms with van der Waals surface area (Å²) in [5.41, 5.74) is 1.84. The van der Waals surface area contributed by atoms with Gasteiger partial charge in [0, 0.05) is 6.54 Å². The molecule has 0 atom stereocenters. The molecule has 104 valence electrons. The lowest BCUT2D eigenvalue weighted by Crippen LogP contribution is -2.25. The van der Waals surface area contributed by atoms with E-state index in [1.54, 1.807) is 31.2 Å². The van der Waals surface area contributed by atoms with E-state index in [0.717, 1.165) is 17.1 Å². The first kappa shape index (κ1) is 14.1. The number of aromatic nitrogens is 2. The summed E-state index contributed by atoms with van der Waals surface area (Å²) in [6.45, 7) is 2.21. The molecule has 20 heavy (non-hydrogen) atoms. The summed E-state index contributed by atoms with van der Waals surface area (Å²) in [5, 5.41) is 15.4. The Kier molecular flexibility index (Phi) is 4.41. The van der Waals surface area contributed by atoms with Gasteiger partial charge in [0.2, 0.25) is 0 Å². The number of aryl methyl sites for hydroxylation is 1. The van der Waals surface area contributed by atoms with Crippen LogP contribution in [-0.4, -0.2) is 33.1 Å². The lowest BCUT2D eigenvalue weighted by molar-refractivity contribution is 0.0696. The minimum atomic E-state index is -0.946. The first-order valence-corrected chi connectivity index (χ1v) is 6.74. The molecule has 0 radical (unpaired) electrons. The maximum Gasteiger partial charge on any atom is 0.335 e. The molecule has 1 heterocycles. The molecule has 0 aliphatic rings. The van der Waals surface area contributed by atoms with Crippen molar-refractivity contribution in [3.8, 4) is 0 Å². The maximum atomic E-state index is 11.8. The van der Waals surface area contributed by atoms with Crippen LogP contribution < -0.4 is 5.32 Å². The van der Waals surface area contributed by atoms with E-state index in [0.29, 0.717) is 23.5 Å². The van der Waals surface area contributed by atoms with Crippen LogP contribution in [0.2, 0.25) is 0 Å². The minimum absolute atomic E-state index is 0.181. The van der Waals surface area contributed by atoms with Gasteiger partial charge in [0.1, 0.15) is 4.88 Å². The molecule has 1 amide bonds. The van der Waals surface area contributed by atoms with Crippen molar-refractivity contribution in [2.75, 3.05) is 6.54 Å². The van der Waals surface area contributed by atoms with Gasteiger partial charge >= 0.3 is 5.97 Å². The van der Waals surface area contributed by atoms with E-state index in [4.69, 9.17) is 5.11 Å². The molecule has 2 aromatic rings. The molecule has 7 heteroatoms. The number of carbonyl (C=O) groups excluding carboxylic acids is 1. The molecule has 6 nitrogen and oxygen atoms in total. The number of aromatic carboxylic acids is 1. The topological polar surface area (TPSA) is 92.2 Å². The molecule has 0 aliphatic heterocycles. The number of hydrogen-bond acceptors (Lipinski definition) is 5. The Labute approximate surface area is 119 Å². The predicted molar refractivity (Wildman–Crippen MR) is 74.1 cm³/mol. The van der Waals surface area contributed by atoms with E-state index < -0.39 is 5.97 Å². The van der Waals surface area contributed by atoms with Gasteiger partial charge in [0.15, 0.2) is 0 Å². The molecule has 0 aliphatic carbocycles. The van der Waals surface area contributed by atoms with Crippen molar-refractivity contribution in [1.29, 1.82) is 0 Å². The quantitative estimate of drug-likeness (QED) is 0.871. The SMILES string of the molecule is Cc1nnsc1C(=O)NCCc1ccc(C(=O)O)cc1. The van der Waals surface area contributed by atoms with Crippen molar-refractivity contribution in [3.05, 3.63) is 46.0 Å². The van der Waals surface area contributed by atoms with Gasteiger partial charge in [0.25, 0.3) is 5.91 Å². The monoisotopic (exact) mass is 291 g/mol. The fourth-order valence-corrected chi connectivity index (χ4v) is 2.23. The summed E-state index contributed by atoms with van der Waals surface area (Å²) in [5.74, 6) is -1.13. The van der Waals surface area contributed by atoms with Crippen LogP contribution >= 0.6 is 11.5 Å². The van der Waals surface area contributed by atoms with Crippen LogP contribution in [0.4, 0.5) is 0 Å². The molecular weight excluding hydrogens is 278 g/mol. The van der Waals surface area contributed by atoms with Crippen molar-refractivity contribution in [2.24, 2.45) is 0 Å². The molecule has 2 rings (SSSR count). The fraction of sp³-hybridized carbons (Fsp3) is 0.231. The number of carboxylic acids is 1. The van der Waals surface area contributed by atoms with Crippen molar-refractivity contribution in [1.82, 2.24) is 14.9 Å². The van der Waals surface area contributed by atoms with Gasteiger partial charge in [-0.2, -0.15) is 0 Å². The minimum Gasteiger partial charge on any atom is -0.478 e. The van der Waals surface area contributed by atoms with Gasteiger partial charge in [-0.15, -0.1) is 5.10 Å². The summed E-state index contributed by atoms with van der Waals surface area (Å²) < 4.78 is 3.71. The Balaban J connectivity index is 1.85. The van der Waals surface area contributed by atoms with E-state index in [-0.39, 0.29) is 11.5 Å². The second kappa shape index (κ2) is 6.25. The number of amides is 1. The van der Waals surface area contributed by atoms with E-state index in [1.807, 2.05) is 0 Å². The summed E-state index contributed by atoms with van der Waals surface area (Å²) in [6, 6.07) is 6.59. The average Bonchev–Trinajstić information content (AvgIpc) is 2.85. The van der Waals surface area contributed by atoms with Gasteiger partial charge in [0.05, 0.1) is 11.3 Å². The highest BCUT2D eigenvalue weighted by molar-refractivity contribution is 7.07. The first-order chi connectivity index (χ1) is 9.58. The Morgan fingerprint density at radius 3 is 2.55 bits per heavy atom. The Hall–Kier alpha value is -2.28. The number of carboxylic acid groups (broad SMARTS) is 1. The molecular formula is C13H13N3O3S. The van der Waals surface area contributed by atoms with Crippen LogP contribution in [0, 0.1) is 6.92 Å². The second-order valence-electron chi connectivity index (χ2n) is 4.20. The summed E-state index contributed by atoms with van der Waals surface area (Å²) in [6.07, 6.45) is 0.636. The smallest absolute Gasteiger partial charge is 0.335 e. The zero-order chi connectivity index (χ0) is 14.5. The molecule has 0 spiro atoms. The first-order valence-electron chi connectivity index (χ1n) is 5.97. The zero-order valence-corrected chi connectivity index (χ0v) is 11.6. The molecule has 0 saturated heterocycles. The lowest BCUT2D eigenvalue weighted by Gasteiger charge is -2.04. The van der Waals surface area contributed by atoms with Crippen LogP contribution in [0.25, 0.3) is 0 Å². The van der Waals surface area contributed by atoms with Crippen LogP contribution in [0.1, 0.15) is 31.3 Å². The van der Waals surface area contributed by atoms with E-state index >= 15 is 0 Å². The molecule has 0 fully saturated rings. The van der Waals surface area contributed by atoms with Gasteiger partial charge in [-0.1, -0.05) is 16.6 Å². The molecule has 0 saturated carbocycles. The highest BCUT2D eigenvalue weighted by Crippen LogP contribution is 2.09. The third kappa shape index (κ3) is 3.39. The number of rotatable bonds is 5. The summed E-state index contributed by atoms with van der Waals surface area (Å²) >= 11 is 1.07. The predicted octanol–water partition coefficient (Wildman–Crippen LogP) is 1.52. The third-order valence-corrected chi connectivity index (χ3v) is 3.58. The van der Waals surface area contributed by atoms with Crippen molar-refractivity contribution < 1.29 is 14.7 Å². The highest BCUT2D eigenvalue weighted by Gasteiger charge is 2.12. The average molecular weight is 291 g/mol. The standard InChI is InChI=1S/C13H13N3O3S/c1-8-11(20-16-15-8)12(17)14-7-6-9-2-4-10(5-3-9)13(18)19/h2-5H,6-7H2,1H3,(H,14,17)(H,18,19). The van der Waals surface area contributed by atoms with Gasteiger partial charge < -0.3 is 10.4 Å². The van der Waals surface area contributed by atoms with Crippen LogP contribution in [-0.2, 0) is 6.42 Å². The molecule has 2 N–H and O–H groups in total.